The Kier molecular flexibility index (Phi) is 6.13. The Balaban J connectivity index is 1.54. The van der Waals surface area contributed by atoms with E-state index >= 15 is 0 Å². The fourth-order valence-electron chi connectivity index (χ4n) is 3.00. The van der Waals surface area contributed by atoms with Gasteiger partial charge in [-0.1, -0.05) is 42.8 Å². The monoisotopic (exact) mass is 344 g/mol. The first kappa shape index (κ1) is 17.3. The highest BCUT2D eigenvalue weighted by Crippen LogP contribution is 2.30. The molecule has 3 rings (SSSR count). The minimum atomic E-state index is 0.550. The molecule has 2 aromatic rings. The van der Waals surface area contributed by atoms with Crippen molar-refractivity contribution in [3.05, 3.63) is 59.1 Å². The molecule has 24 heavy (non-hydrogen) atoms. The van der Waals surface area contributed by atoms with Crippen LogP contribution in [0, 0.1) is 0 Å². The topological polar surface area (TPSA) is 24.5 Å². The summed E-state index contributed by atoms with van der Waals surface area (Å²) in [4.78, 5) is 2.54. The smallest absolute Gasteiger partial charge is 0.146 e. The van der Waals surface area contributed by atoms with Crippen LogP contribution in [-0.4, -0.2) is 37.6 Å². The molecule has 1 aliphatic rings. The normalized spacial score (nSPS) is 16.8. The van der Waals surface area contributed by atoms with Crippen molar-refractivity contribution in [3.8, 4) is 11.5 Å². The first-order valence-electron chi connectivity index (χ1n) is 8.68. The van der Waals surface area contributed by atoms with Crippen LogP contribution in [-0.2, 0) is 0 Å². The van der Waals surface area contributed by atoms with Gasteiger partial charge in [0.05, 0.1) is 5.02 Å². The van der Waals surface area contributed by atoms with E-state index in [1.165, 1.54) is 18.5 Å². The lowest BCUT2D eigenvalue weighted by Crippen LogP contribution is -2.43. The molecule has 0 bridgehead atoms. The molecule has 1 N–H and O–H groups in total. The van der Waals surface area contributed by atoms with Gasteiger partial charge in [-0.05, 0) is 48.7 Å². The Morgan fingerprint density at radius 2 is 1.79 bits per heavy atom. The zero-order valence-electron chi connectivity index (χ0n) is 14.2. The average Bonchev–Trinajstić information content (AvgIpc) is 2.63. The summed E-state index contributed by atoms with van der Waals surface area (Å²) in [6.45, 7) is 8.02. The number of rotatable bonds is 6. The van der Waals surface area contributed by atoms with Crippen molar-refractivity contribution in [2.24, 2.45) is 0 Å². The summed E-state index contributed by atoms with van der Waals surface area (Å²) in [5.74, 6) is 2.06. The fraction of sp³-hybridized carbons (Fsp3) is 0.400. The highest BCUT2D eigenvalue weighted by atomic mass is 35.5. The van der Waals surface area contributed by atoms with Gasteiger partial charge in [0, 0.05) is 26.2 Å². The van der Waals surface area contributed by atoms with Gasteiger partial charge < -0.3 is 15.0 Å². The van der Waals surface area contributed by atoms with Crippen molar-refractivity contribution in [2.45, 2.75) is 19.3 Å². The zero-order chi connectivity index (χ0) is 16.8. The summed E-state index contributed by atoms with van der Waals surface area (Å²) in [7, 11) is 0. The first-order valence-corrected chi connectivity index (χ1v) is 9.05. The number of piperazine rings is 1. The molecule has 0 aromatic heterocycles. The van der Waals surface area contributed by atoms with Crippen molar-refractivity contribution in [1.29, 1.82) is 0 Å². The lowest BCUT2D eigenvalue weighted by Gasteiger charge is -2.28. The summed E-state index contributed by atoms with van der Waals surface area (Å²) in [6, 6.07) is 15.9. The predicted octanol–water partition coefficient (Wildman–Crippen LogP) is 4.53. The number of para-hydroxylation sites is 1. The van der Waals surface area contributed by atoms with Crippen molar-refractivity contribution in [3.63, 3.8) is 0 Å². The van der Waals surface area contributed by atoms with Gasteiger partial charge in [0.1, 0.15) is 11.5 Å². The van der Waals surface area contributed by atoms with Crippen molar-refractivity contribution < 1.29 is 4.74 Å². The predicted molar refractivity (Wildman–Crippen MR) is 100 cm³/mol. The molecule has 1 unspecified atom stereocenters. The van der Waals surface area contributed by atoms with Crippen LogP contribution in [0.2, 0.25) is 5.02 Å². The maximum absolute atomic E-state index is 6.14. The van der Waals surface area contributed by atoms with E-state index in [4.69, 9.17) is 16.3 Å². The molecule has 128 valence electrons. The minimum Gasteiger partial charge on any atom is -0.456 e. The Hall–Kier alpha value is -1.55. The second-order valence-corrected chi connectivity index (χ2v) is 6.79. The fourth-order valence-corrected chi connectivity index (χ4v) is 3.17. The molecular formula is C20H25ClN2O. The molecule has 0 spiro atoms. The molecule has 1 saturated heterocycles. The van der Waals surface area contributed by atoms with Crippen LogP contribution in [0.1, 0.15) is 24.8 Å². The molecule has 1 heterocycles. The molecule has 4 heteroatoms. The van der Waals surface area contributed by atoms with Crippen LogP contribution in [0.3, 0.4) is 0 Å². The number of hydrogen-bond donors (Lipinski definition) is 1. The van der Waals surface area contributed by atoms with Crippen LogP contribution >= 0.6 is 11.6 Å². The molecule has 0 amide bonds. The summed E-state index contributed by atoms with van der Waals surface area (Å²) >= 11 is 6.14. The van der Waals surface area contributed by atoms with Crippen LogP contribution in [0.4, 0.5) is 0 Å². The van der Waals surface area contributed by atoms with Crippen LogP contribution in [0.25, 0.3) is 0 Å². The number of hydrogen-bond acceptors (Lipinski definition) is 3. The highest BCUT2D eigenvalue weighted by Gasteiger charge is 2.12. The summed E-state index contributed by atoms with van der Waals surface area (Å²) in [5.41, 5.74) is 1.36. The molecule has 0 saturated carbocycles. The quantitative estimate of drug-likeness (QED) is 0.833. The van der Waals surface area contributed by atoms with E-state index in [0.717, 1.165) is 31.9 Å². The Morgan fingerprint density at radius 3 is 2.50 bits per heavy atom. The molecule has 2 aromatic carbocycles. The van der Waals surface area contributed by atoms with Gasteiger partial charge in [0.2, 0.25) is 0 Å². The van der Waals surface area contributed by atoms with Gasteiger partial charge in [-0.25, -0.2) is 0 Å². The maximum atomic E-state index is 6.14. The summed E-state index contributed by atoms with van der Waals surface area (Å²) in [5, 5.41) is 4.03. The SMILES string of the molecule is CC(CCN1CCNCC1)c1ccc(Oc2ccccc2Cl)cc1. The second-order valence-electron chi connectivity index (χ2n) is 6.38. The van der Waals surface area contributed by atoms with Crippen molar-refractivity contribution >= 4 is 11.6 Å². The largest absolute Gasteiger partial charge is 0.456 e. The van der Waals surface area contributed by atoms with Crippen LogP contribution in [0.5, 0.6) is 11.5 Å². The van der Waals surface area contributed by atoms with E-state index in [2.05, 4.69) is 29.3 Å². The van der Waals surface area contributed by atoms with E-state index in [1.807, 2.05) is 36.4 Å². The zero-order valence-corrected chi connectivity index (χ0v) is 14.9. The van der Waals surface area contributed by atoms with Gasteiger partial charge in [0.15, 0.2) is 0 Å². The van der Waals surface area contributed by atoms with E-state index in [1.54, 1.807) is 0 Å². The van der Waals surface area contributed by atoms with E-state index in [0.29, 0.717) is 16.7 Å². The molecule has 1 atom stereocenters. The lowest BCUT2D eigenvalue weighted by atomic mass is 9.97. The van der Waals surface area contributed by atoms with Gasteiger partial charge >= 0.3 is 0 Å². The molecule has 0 radical (unpaired) electrons. The molecule has 0 aliphatic carbocycles. The third-order valence-corrected chi connectivity index (χ3v) is 4.91. The van der Waals surface area contributed by atoms with Gasteiger partial charge in [-0.2, -0.15) is 0 Å². The van der Waals surface area contributed by atoms with Crippen molar-refractivity contribution in [2.75, 3.05) is 32.7 Å². The molecule has 1 fully saturated rings. The number of benzene rings is 2. The minimum absolute atomic E-state index is 0.550. The highest BCUT2D eigenvalue weighted by molar-refractivity contribution is 6.32. The molecule has 1 aliphatic heterocycles. The van der Waals surface area contributed by atoms with Gasteiger partial charge in [-0.15, -0.1) is 0 Å². The summed E-state index contributed by atoms with van der Waals surface area (Å²) in [6.07, 6.45) is 1.19. The maximum Gasteiger partial charge on any atom is 0.146 e. The summed E-state index contributed by atoms with van der Waals surface area (Å²) < 4.78 is 5.85. The Labute approximate surface area is 149 Å². The second kappa shape index (κ2) is 8.52. The first-order chi connectivity index (χ1) is 11.7. The van der Waals surface area contributed by atoms with Gasteiger partial charge in [-0.3, -0.25) is 0 Å². The van der Waals surface area contributed by atoms with E-state index in [9.17, 15) is 0 Å². The molecule has 3 nitrogen and oxygen atoms in total. The molecular weight excluding hydrogens is 320 g/mol. The Morgan fingerprint density at radius 1 is 1.08 bits per heavy atom. The number of ether oxygens (including phenoxy) is 1. The van der Waals surface area contributed by atoms with E-state index in [-0.39, 0.29) is 0 Å². The lowest BCUT2D eigenvalue weighted by molar-refractivity contribution is 0.234. The standard InChI is InChI=1S/C20H25ClN2O/c1-16(10-13-23-14-11-22-12-15-23)17-6-8-18(9-7-17)24-20-5-3-2-4-19(20)21/h2-9,16,22H,10-15H2,1H3. The van der Waals surface area contributed by atoms with Crippen LogP contribution < -0.4 is 10.1 Å². The third kappa shape index (κ3) is 4.73. The van der Waals surface area contributed by atoms with E-state index < -0.39 is 0 Å². The van der Waals surface area contributed by atoms with Gasteiger partial charge in [0.25, 0.3) is 0 Å². The van der Waals surface area contributed by atoms with Crippen LogP contribution in [0.15, 0.2) is 48.5 Å². The number of nitrogens with one attached hydrogen (secondary N) is 1. The average molecular weight is 345 g/mol. The number of halogens is 1. The Bertz CT molecular complexity index is 638. The third-order valence-electron chi connectivity index (χ3n) is 4.60. The van der Waals surface area contributed by atoms with Crippen molar-refractivity contribution in [1.82, 2.24) is 10.2 Å². The number of nitrogens with zero attached hydrogens (tertiary/aromatic N) is 1.